The van der Waals surface area contributed by atoms with Crippen LogP contribution in [0.15, 0.2) is 77.3 Å². The molecule has 2 aliphatic heterocycles. The number of benzene rings is 3. The minimum atomic E-state index is -0.846. The van der Waals surface area contributed by atoms with Gasteiger partial charge < -0.3 is 23.7 Å². The monoisotopic (exact) mass is 766 g/mol. The van der Waals surface area contributed by atoms with Gasteiger partial charge in [0.25, 0.3) is 11.8 Å². The molecule has 1 unspecified atom stereocenters. The zero-order chi connectivity index (χ0) is 38.9. The van der Waals surface area contributed by atoms with Crippen molar-refractivity contribution >= 4 is 35.2 Å². The van der Waals surface area contributed by atoms with Gasteiger partial charge in [0, 0.05) is 40.8 Å². The Balaban J connectivity index is 0.976. The van der Waals surface area contributed by atoms with Gasteiger partial charge in [0.2, 0.25) is 11.8 Å². The molecule has 55 heavy (non-hydrogen) atoms. The van der Waals surface area contributed by atoms with E-state index in [1.54, 1.807) is 55.8 Å². The molecule has 3 aromatic carbocycles. The van der Waals surface area contributed by atoms with Crippen molar-refractivity contribution in [2.45, 2.75) is 71.9 Å². The van der Waals surface area contributed by atoms with E-state index in [0.29, 0.717) is 41.8 Å². The van der Waals surface area contributed by atoms with Crippen LogP contribution in [-0.4, -0.2) is 96.9 Å². The van der Waals surface area contributed by atoms with Crippen LogP contribution in [0.25, 0.3) is 22.7 Å². The first-order chi connectivity index (χ1) is 26.3. The fourth-order valence-corrected chi connectivity index (χ4v) is 6.77. The number of para-hydroxylation sites is 1. The molecule has 1 fully saturated rings. The molecular weight excluding hydrogens is 724 g/mol. The van der Waals surface area contributed by atoms with Gasteiger partial charge in [-0.15, -0.1) is 15.3 Å². The second-order valence-electron chi connectivity index (χ2n) is 14.9. The van der Waals surface area contributed by atoms with E-state index in [0.717, 1.165) is 34.4 Å². The summed E-state index contributed by atoms with van der Waals surface area (Å²) in [7, 11) is 0. The number of carbonyl (C=O) groups is 3. The molecule has 1 saturated heterocycles. The minimum absolute atomic E-state index is 0.0949. The summed E-state index contributed by atoms with van der Waals surface area (Å²) in [4.78, 5) is 45.4. The van der Waals surface area contributed by atoms with E-state index >= 15 is 0 Å². The van der Waals surface area contributed by atoms with E-state index in [-0.39, 0.29) is 49.5 Å². The van der Waals surface area contributed by atoms with Crippen LogP contribution in [-0.2, 0) is 33.8 Å². The van der Waals surface area contributed by atoms with Gasteiger partial charge >= 0.3 is 6.09 Å². The summed E-state index contributed by atoms with van der Waals surface area (Å²) in [5, 5.41) is 17.7. The fraction of sp³-hybridized carbons (Fsp3) is 0.375. The van der Waals surface area contributed by atoms with E-state index in [2.05, 4.69) is 20.5 Å². The highest BCUT2D eigenvalue weighted by molar-refractivity contribution is 6.30. The summed E-state index contributed by atoms with van der Waals surface area (Å²) in [5.74, 6) is 0.156. The zero-order valence-corrected chi connectivity index (χ0v) is 32.2. The summed E-state index contributed by atoms with van der Waals surface area (Å²) in [6, 6.07) is 20.1. The summed E-state index contributed by atoms with van der Waals surface area (Å²) in [6.07, 6.45) is 1.35. The number of hydrogen-bond donors (Lipinski definition) is 0. The number of carbonyl (C=O) groups excluding carboxylic acids is 3. The number of fused-ring (bicyclic) bond motifs is 1. The number of rotatable bonds is 9. The Hall–Kier alpha value is -5.60. The van der Waals surface area contributed by atoms with Crippen molar-refractivity contribution in [3.05, 3.63) is 101 Å². The molecule has 0 aliphatic carbocycles. The lowest BCUT2D eigenvalue weighted by molar-refractivity contribution is -0.151. The maximum atomic E-state index is 13.7. The number of amides is 3. The number of hydrogen-bond acceptors (Lipinski definition) is 10. The summed E-state index contributed by atoms with van der Waals surface area (Å²) in [5.41, 5.74) is 4.84. The van der Waals surface area contributed by atoms with Crippen LogP contribution in [0.4, 0.5) is 10.5 Å². The van der Waals surface area contributed by atoms with Crippen molar-refractivity contribution in [1.29, 1.82) is 0 Å². The first kappa shape index (κ1) is 37.7. The second kappa shape index (κ2) is 15.6. The molecule has 1 atom stereocenters. The molecular formula is C40H43ClN8O6. The molecule has 0 bridgehead atoms. The Morgan fingerprint density at radius 2 is 1.75 bits per heavy atom. The van der Waals surface area contributed by atoms with Crippen LogP contribution in [0, 0.1) is 0 Å². The standard InChI is InChI=1S/C40H43ClN8O6/c1-25(2)49(24-34-43-44-36(54-34)28-13-15-30(41)16-14-28)38(51)33-23-46(19-20-53-33)37(50)29-11-9-26(10-12-29)21-47-22-32(42-45-47)31-8-6-7-27-17-18-48(35(27)31)39(52)55-40(3,4)5/h6-16,22,25,33H,17-21,23-24H2,1-5H3. The highest BCUT2D eigenvalue weighted by Crippen LogP contribution is 2.38. The Bertz CT molecular complexity index is 2180. The van der Waals surface area contributed by atoms with Crippen molar-refractivity contribution in [1.82, 2.24) is 35.0 Å². The van der Waals surface area contributed by atoms with Gasteiger partial charge in [-0.25, -0.2) is 9.48 Å². The van der Waals surface area contributed by atoms with Crippen molar-refractivity contribution in [3.63, 3.8) is 0 Å². The zero-order valence-electron chi connectivity index (χ0n) is 31.4. The van der Waals surface area contributed by atoms with Crippen LogP contribution in [0.3, 0.4) is 0 Å². The molecule has 2 aliphatic rings. The van der Waals surface area contributed by atoms with Gasteiger partial charge in [-0.1, -0.05) is 47.1 Å². The maximum Gasteiger partial charge on any atom is 0.414 e. The number of nitrogens with zero attached hydrogens (tertiary/aromatic N) is 8. The van der Waals surface area contributed by atoms with Gasteiger partial charge in [0.15, 0.2) is 6.10 Å². The quantitative estimate of drug-likeness (QED) is 0.168. The van der Waals surface area contributed by atoms with Crippen molar-refractivity contribution in [2.24, 2.45) is 0 Å². The highest BCUT2D eigenvalue weighted by atomic mass is 35.5. The first-order valence-electron chi connectivity index (χ1n) is 18.2. The summed E-state index contributed by atoms with van der Waals surface area (Å²) >= 11 is 6.00. The third kappa shape index (κ3) is 8.55. The third-order valence-electron chi connectivity index (χ3n) is 9.37. The van der Waals surface area contributed by atoms with E-state index < -0.39 is 11.7 Å². The number of aromatic nitrogens is 5. The fourth-order valence-electron chi connectivity index (χ4n) is 6.64. The maximum absolute atomic E-state index is 13.7. The SMILES string of the molecule is CC(C)N(Cc1nnc(-c2ccc(Cl)cc2)o1)C(=O)C1CN(C(=O)c2ccc(Cn3cc(-c4cccc5c4N(C(=O)OC(C)(C)C)CC5)nn3)cc2)CCO1. The van der Waals surface area contributed by atoms with Crippen LogP contribution >= 0.6 is 11.6 Å². The third-order valence-corrected chi connectivity index (χ3v) is 9.62. The Kier molecular flexibility index (Phi) is 10.7. The molecule has 2 aromatic heterocycles. The number of morpholine rings is 1. The first-order valence-corrected chi connectivity index (χ1v) is 18.6. The second-order valence-corrected chi connectivity index (χ2v) is 15.3. The number of ether oxygens (including phenoxy) is 2. The van der Waals surface area contributed by atoms with Crippen LogP contribution in [0.5, 0.6) is 0 Å². The molecule has 15 heteroatoms. The average Bonchev–Trinajstić information content (AvgIpc) is 3.94. The molecule has 7 rings (SSSR count). The molecule has 5 aromatic rings. The normalized spacial score (nSPS) is 15.7. The molecule has 4 heterocycles. The largest absolute Gasteiger partial charge is 0.443 e. The van der Waals surface area contributed by atoms with E-state index in [4.69, 9.17) is 25.5 Å². The lowest BCUT2D eigenvalue weighted by Crippen LogP contribution is -2.53. The van der Waals surface area contributed by atoms with Crippen molar-refractivity contribution in [2.75, 3.05) is 31.1 Å². The number of anilines is 1. The predicted octanol–water partition coefficient (Wildman–Crippen LogP) is 6.27. The van der Waals surface area contributed by atoms with Gasteiger partial charge in [-0.2, -0.15) is 0 Å². The number of halogens is 1. The Labute approximate surface area is 324 Å². The minimum Gasteiger partial charge on any atom is -0.443 e. The molecule has 0 spiro atoms. The summed E-state index contributed by atoms with van der Waals surface area (Å²) < 4.78 is 19.1. The Morgan fingerprint density at radius 1 is 0.982 bits per heavy atom. The molecule has 0 N–H and O–H groups in total. The van der Waals surface area contributed by atoms with Crippen LogP contribution in [0.1, 0.15) is 62.0 Å². The predicted molar refractivity (Wildman–Crippen MR) is 204 cm³/mol. The molecule has 14 nitrogen and oxygen atoms in total. The molecule has 0 radical (unpaired) electrons. The van der Waals surface area contributed by atoms with Gasteiger partial charge in [0.1, 0.15) is 11.3 Å². The molecule has 0 saturated carbocycles. The van der Waals surface area contributed by atoms with Gasteiger partial charge in [-0.05, 0) is 88.6 Å². The van der Waals surface area contributed by atoms with Crippen LogP contribution in [0.2, 0.25) is 5.02 Å². The Morgan fingerprint density at radius 3 is 2.47 bits per heavy atom. The van der Waals surface area contributed by atoms with Crippen molar-refractivity contribution < 1.29 is 28.3 Å². The summed E-state index contributed by atoms with van der Waals surface area (Å²) in [6.45, 7) is 11.1. The van der Waals surface area contributed by atoms with Gasteiger partial charge in [0.05, 0.1) is 38.1 Å². The highest BCUT2D eigenvalue weighted by Gasteiger charge is 2.35. The smallest absolute Gasteiger partial charge is 0.414 e. The average molecular weight is 767 g/mol. The topological polar surface area (TPSA) is 149 Å². The van der Waals surface area contributed by atoms with Crippen molar-refractivity contribution in [3.8, 4) is 22.7 Å². The van der Waals surface area contributed by atoms with E-state index in [1.165, 1.54) is 0 Å². The molecule has 3 amide bonds. The lowest BCUT2D eigenvalue weighted by Gasteiger charge is -2.36. The van der Waals surface area contributed by atoms with E-state index in [9.17, 15) is 14.4 Å². The van der Waals surface area contributed by atoms with Crippen LogP contribution < -0.4 is 4.90 Å². The van der Waals surface area contributed by atoms with Gasteiger partial charge in [-0.3, -0.25) is 14.5 Å². The van der Waals surface area contributed by atoms with E-state index in [1.807, 2.05) is 71.1 Å². The lowest BCUT2D eigenvalue weighted by atomic mass is 10.1. The molecule has 286 valence electrons.